The monoisotopic (exact) mass is 356 g/mol. The van der Waals surface area contributed by atoms with Gasteiger partial charge >= 0.3 is 0 Å². The smallest absolute Gasteiger partial charge is 0.163 e. The molecule has 5 aromatic rings. The molecule has 5 rings (SSSR count). The molecular formula is C20H16N6O. The fourth-order valence-electron chi connectivity index (χ4n) is 3.27. The van der Waals surface area contributed by atoms with Gasteiger partial charge in [0.05, 0.1) is 36.1 Å². The van der Waals surface area contributed by atoms with Crippen LogP contribution in [0.2, 0.25) is 0 Å². The van der Waals surface area contributed by atoms with E-state index in [1.807, 2.05) is 49.5 Å². The second-order valence-electron chi connectivity index (χ2n) is 6.27. The summed E-state index contributed by atoms with van der Waals surface area (Å²) in [6.07, 6.45) is 3.60. The SMILES string of the molecule is COc1ccc(-c2nc(-c3cccc4[nH]ncc34)nc3c2cnn3C)cc1. The summed E-state index contributed by atoms with van der Waals surface area (Å²) in [5, 5.41) is 13.4. The summed E-state index contributed by atoms with van der Waals surface area (Å²) in [4.78, 5) is 9.67. The van der Waals surface area contributed by atoms with E-state index in [2.05, 4.69) is 15.3 Å². The van der Waals surface area contributed by atoms with Gasteiger partial charge in [-0.05, 0) is 30.3 Å². The molecule has 0 aliphatic carbocycles. The van der Waals surface area contributed by atoms with Crippen LogP contribution < -0.4 is 4.74 Å². The Kier molecular flexibility index (Phi) is 3.39. The highest BCUT2D eigenvalue weighted by Crippen LogP contribution is 2.32. The largest absolute Gasteiger partial charge is 0.497 e. The van der Waals surface area contributed by atoms with Crippen molar-refractivity contribution in [3.8, 4) is 28.4 Å². The minimum atomic E-state index is 0.643. The highest BCUT2D eigenvalue weighted by Gasteiger charge is 2.16. The van der Waals surface area contributed by atoms with Gasteiger partial charge in [-0.15, -0.1) is 0 Å². The molecule has 132 valence electrons. The number of rotatable bonds is 3. The first-order valence-corrected chi connectivity index (χ1v) is 8.51. The molecule has 0 aliphatic heterocycles. The number of aromatic nitrogens is 6. The van der Waals surface area contributed by atoms with Crippen molar-refractivity contribution in [2.24, 2.45) is 7.05 Å². The van der Waals surface area contributed by atoms with E-state index in [1.165, 1.54) is 0 Å². The lowest BCUT2D eigenvalue weighted by molar-refractivity contribution is 0.415. The minimum absolute atomic E-state index is 0.643. The van der Waals surface area contributed by atoms with E-state index in [4.69, 9.17) is 14.7 Å². The van der Waals surface area contributed by atoms with Crippen molar-refractivity contribution in [3.63, 3.8) is 0 Å². The first kappa shape index (κ1) is 15.5. The number of methoxy groups -OCH3 is 1. The lowest BCUT2D eigenvalue weighted by Gasteiger charge is -2.08. The van der Waals surface area contributed by atoms with Gasteiger partial charge in [0.15, 0.2) is 11.5 Å². The summed E-state index contributed by atoms with van der Waals surface area (Å²) in [6, 6.07) is 13.8. The molecule has 1 N–H and O–H groups in total. The summed E-state index contributed by atoms with van der Waals surface area (Å²) in [7, 11) is 3.54. The Labute approximate surface area is 154 Å². The molecule has 0 radical (unpaired) electrons. The summed E-state index contributed by atoms with van der Waals surface area (Å²) >= 11 is 0. The zero-order chi connectivity index (χ0) is 18.4. The number of aromatic amines is 1. The molecule has 7 nitrogen and oxygen atoms in total. The van der Waals surface area contributed by atoms with Crippen LogP contribution in [0.1, 0.15) is 0 Å². The second-order valence-corrected chi connectivity index (χ2v) is 6.27. The topological polar surface area (TPSA) is 81.5 Å². The fraction of sp³-hybridized carbons (Fsp3) is 0.100. The molecule has 0 aliphatic rings. The Morgan fingerprint density at radius 3 is 2.63 bits per heavy atom. The first-order chi connectivity index (χ1) is 13.2. The predicted molar refractivity (Wildman–Crippen MR) is 103 cm³/mol. The van der Waals surface area contributed by atoms with Crippen molar-refractivity contribution < 1.29 is 4.74 Å². The summed E-state index contributed by atoms with van der Waals surface area (Å²) < 4.78 is 7.04. The van der Waals surface area contributed by atoms with Gasteiger partial charge in [0.2, 0.25) is 0 Å². The van der Waals surface area contributed by atoms with Crippen LogP contribution in [-0.2, 0) is 7.05 Å². The van der Waals surface area contributed by atoms with Crippen LogP contribution in [-0.4, -0.2) is 37.1 Å². The van der Waals surface area contributed by atoms with E-state index >= 15 is 0 Å². The van der Waals surface area contributed by atoms with Gasteiger partial charge in [-0.3, -0.25) is 9.78 Å². The maximum atomic E-state index is 5.27. The maximum absolute atomic E-state index is 5.27. The molecule has 3 aromatic heterocycles. The number of hydrogen-bond donors (Lipinski definition) is 1. The zero-order valence-electron chi connectivity index (χ0n) is 14.8. The van der Waals surface area contributed by atoms with Gasteiger partial charge in [0.1, 0.15) is 5.75 Å². The lowest BCUT2D eigenvalue weighted by Crippen LogP contribution is -1.98. The normalized spacial score (nSPS) is 11.3. The third kappa shape index (κ3) is 2.43. The molecule has 0 saturated carbocycles. The molecule has 7 heteroatoms. The number of nitrogens with one attached hydrogen (secondary N) is 1. The van der Waals surface area contributed by atoms with Crippen LogP contribution in [0.3, 0.4) is 0 Å². The molecule has 0 saturated heterocycles. The van der Waals surface area contributed by atoms with E-state index in [-0.39, 0.29) is 0 Å². The molecular weight excluding hydrogens is 340 g/mol. The summed E-state index contributed by atoms with van der Waals surface area (Å²) in [5.74, 6) is 1.45. The molecule has 0 fully saturated rings. The molecule has 0 unspecified atom stereocenters. The standard InChI is InChI=1S/C20H16N6O/c1-26-20-16(11-22-26)18(12-6-8-13(27-2)9-7-12)23-19(24-20)14-4-3-5-17-15(14)10-21-25-17/h3-11H,1-2H3,(H,21,25). The van der Waals surface area contributed by atoms with Crippen molar-refractivity contribution in [1.29, 1.82) is 0 Å². The second kappa shape index (κ2) is 5.91. The Bertz CT molecular complexity index is 1270. The van der Waals surface area contributed by atoms with Crippen LogP contribution in [0.5, 0.6) is 5.75 Å². The van der Waals surface area contributed by atoms with Gasteiger partial charge in [0.25, 0.3) is 0 Å². The molecule has 0 spiro atoms. The van der Waals surface area contributed by atoms with Crippen molar-refractivity contribution in [3.05, 3.63) is 54.9 Å². The number of fused-ring (bicyclic) bond motifs is 2. The fourth-order valence-corrected chi connectivity index (χ4v) is 3.27. The molecule has 3 heterocycles. The highest BCUT2D eigenvalue weighted by atomic mass is 16.5. The van der Waals surface area contributed by atoms with Crippen LogP contribution in [0, 0.1) is 0 Å². The van der Waals surface area contributed by atoms with Crippen molar-refractivity contribution in [2.75, 3.05) is 7.11 Å². The van der Waals surface area contributed by atoms with Crippen molar-refractivity contribution in [1.82, 2.24) is 29.9 Å². The molecule has 0 bridgehead atoms. The number of nitrogens with zero attached hydrogens (tertiary/aromatic N) is 5. The van der Waals surface area contributed by atoms with Gasteiger partial charge in [0, 0.05) is 23.6 Å². The minimum Gasteiger partial charge on any atom is -0.497 e. The third-order valence-electron chi connectivity index (χ3n) is 4.68. The van der Waals surface area contributed by atoms with Gasteiger partial charge in [-0.25, -0.2) is 9.97 Å². The van der Waals surface area contributed by atoms with E-state index in [0.717, 1.165) is 44.5 Å². The maximum Gasteiger partial charge on any atom is 0.163 e. The Balaban J connectivity index is 1.79. The number of ether oxygens (including phenoxy) is 1. The average Bonchev–Trinajstić information content (AvgIpc) is 3.34. The quantitative estimate of drug-likeness (QED) is 0.534. The summed E-state index contributed by atoms with van der Waals surface area (Å²) in [6.45, 7) is 0. The van der Waals surface area contributed by atoms with E-state index in [1.54, 1.807) is 24.2 Å². The lowest BCUT2D eigenvalue weighted by atomic mass is 10.1. The van der Waals surface area contributed by atoms with Crippen LogP contribution in [0.4, 0.5) is 0 Å². The third-order valence-corrected chi connectivity index (χ3v) is 4.68. The molecule has 27 heavy (non-hydrogen) atoms. The predicted octanol–water partition coefficient (Wildman–Crippen LogP) is 3.58. The average molecular weight is 356 g/mol. The van der Waals surface area contributed by atoms with Crippen LogP contribution in [0.25, 0.3) is 44.6 Å². The Hall–Kier alpha value is -3.74. The Morgan fingerprint density at radius 1 is 0.963 bits per heavy atom. The summed E-state index contributed by atoms with van der Waals surface area (Å²) in [5.41, 5.74) is 4.49. The van der Waals surface area contributed by atoms with E-state index in [0.29, 0.717) is 5.82 Å². The first-order valence-electron chi connectivity index (χ1n) is 8.51. The van der Waals surface area contributed by atoms with Crippen LogP contribution in [0.15, 0.2) is 54.9 Å². The van der Waals surface area contributed by atoms with Gasteiger partial charge in [-0.2, -0.15) is 10.2 Å². The number of aryl methyl sites for hydroxylation is 1. The molecule has 2 aromatic carbocycles. The van der Waals surface area contributed by atoms with Gasteiger partial charge < -0.3 is 4.74 Å². The zero-order valence-corrected chi connectivity index (χ0v) is 14.8. The molecule has 0 atom stereocenters. The van der Waals surface area contributed by atoms with Crippen LogP contribution >= 0.6 is 0 Å². The number of hydrogen-bond acceptors (Lipinski definition) is 5. The number of benzene rings is 2. The van der Waals surface area contributed by atoms with Gasteiger partial charge in [-0.1, -0.05) is 12.1 Å². The molecule has 0 amide bonds. The highest BCUT2D eigenvalue weighted by molar-refractivity contribution is 5.96. The number of H-pyrrole nitrogens is 1. The van der Waals surface area contributed by atoms with E-state index in [9.17, 15) is 0 Å². The van der Waals surface area contributed by atoms with E-state index < -0.39 is 0 Å². The Morgan fingerprint density at radius 2 is 1.81 bits per heavy atom. The van der Waals surface area contributed by atoms with Crippen molar-refractivity contribution in [2.45, 2.75) is 0 Å². The van der Waals surface area contributed by atoms with Crippen molar-refractivity contribution >= 4 is 21.9 Å².